The molecular formula is C21H26N4O3. The van der Waals surface area contributed by atoms with Gasteiger partial charge in [-0.05, 0) is 42.9 Å². The van der Waals surface area contributed by atoms with Gasteiger partial charge in [0.25, 0.3) is 0 Å². The van der Waals surface area contributed by atoms with Crippen molar-refractivity contribution in [3.8, 4) is 0 Å². The van der Waals surface area contributed by atoms with Gasteiger partial charge in [0, 0.05) is 24.7 Å². The van der Waals surface area contributed by atoms with E-state index in [9.17, 15) is 14.7 Å². The molecule has 2 amide bonds. The summed E-state index contributed by atoms with van der Waals surface area (Å²) in [6, 6.07) is 9.22. The molecule has 0 saturated heterocycles. The van der Waals surface area contributed by atoms with Gasteiger partial charge < -0.3 is 15.7 Å². The Morgan fingerprint density at radius 1 is 1.25 bits per heavy atom. The van der Waals surface area contributed by atoms with Crippen LogP contribution >= 0.6 is 0 Å². The average Bonchev–Trinajstić information content (AvgIpc) is 3.22. The molecule has 1 fully saturated rings. The zero-order chi connectivity index (χ0) is 19.8. The molecule has 0 spiro atoms. The molecule has 148 valence electrons. The van der Waals surface area contributed by atoms with Gasteiger partial charge in [-0.25, -0.2) is 0 Å². The number of benzene rings is 1. The van der Waals surface area contributed by atoms with E-state index in [4.69, 9.17) is 0 Å². The first-order chi connectivity index (χ1) is 13.6. The first-order valence-corrected chi connectivity index (χ1v) is 9.59. The molecule has 7 nitrogen and oxygen atoms in total. The molecule has 0 aliphatic heterocycles. The molecule has 0 unspecified atom stereocenters. The maximum absolute atomic E-state index is 12.3. The first-order valence-electron chi connectivity index (χ1n) is 9.59. The number of aliphatic hydroxyl groups excluding tert-OH is 1. The largest absolute Gasteiger partial charge is 0.391 e. The molecule has 1 aliphatic rings. The standard InChI is InChI=1S/C21H26N4O3/c26-19-12-17(21(28)22-11-10-16-13-23-24-14-16)7-8-18(19)25-20(27)9-6-15-4-2-1-3-5-15/h1-6,9,13-14,17-19,26H,7-8,10-12H2,(H,22,28)(H,23,24)(H,25,27)/t17-,18+,19+/m0/s1. The number of hydrogen-bond donors (Lipinski definition) is 4. The van der Waals surface area contributed by atoms with Crippen LogP contribution in [0.4, 0.5) is 0 Å². The van der Waals surface area contributed by atoms with E-state index in [1.165, 1.54) is 6.08 Å². The van der Waals surface area contributed by atoms with Crippen LogP contribution < -0.4 is 10.6 Å². The van der Waals surface area contributed by atoms with E-state index < -0.39 is 6.10 Å². The Kier molecular flexibility index (Phi) is 6.97. The SMILES string of the molecule is O=C(C=Cc1ccccc1)N[C@@H]1CC[C@H](C(=O)NCCc2cn[nH]c2)C[C@H]1O. The Morgan fingerprint density at radius 3 is 2.79 bits per heavy atom. The van der Waals surface area contributed by atoms with Crippen molar-refractivity contribution in [3.05, 3.63) is 59.9 Å². The zero-order valence-electron chi connectivity index (χ0n) is 15.7. The summed E-state index contributed by atoms with van der Waals surface area (Å²) in [5.41, 5.74) is 1.98. The van der Waals surface area contributed by atoms with E-state index in [1.807, 2.05) is 30.3 Å². The van der Waals surface area contributed by atoms with Crippen LogP contribution in [0.1, 0.15) is 30.4 Å². The molecule has 1 aliphatic carbocycles. The van der Waals surface area contributed by atoms with Crippen LogP contribution in [0.3, 0.4) is 0 Å². The van der Waals surface area contributed by atoms with Crippen molar-refractivity contribution in [2.75, 3.05) is 6.54 Å². The Balaban J connectivity index is 1.40. The van der Waals surface area contributed by atoms with Gasteiger partial charge >= 0.3 is 0 Å². The highest BCUT2D eigenvalue weighted by Crippen LogP contribution is 2.25. The average molecular weight is 382 g/mol. The molecule has 1 aromatic carbocycles. The fourth-order valence-corrected chi connectivity index (χ4v) is 3.41. The number of carbonyl (C=O) groups excluding carboxylic acids is 2. The molecule has 3 atom stereocenters. The molecule has 4 N–H and O–H groups in total. The monoisotopic (exact) mass is 382 g/mol. The van der Waals surface area contributed by atoms with Gasteiger partial charge in [0.05, 0.1) is 18.3 Å². The van der Waals surface area contributed by atoms with Crippen LogP contribution in [0.25, 0.3) is 6.08 Å². The summed E-state index contributed by atoms with van der Waals surface area (Å²) in [4.78, 5) is 24.4. The lowest BCUT2D eigenvalue weighted by Crippen LogP contribution is -2.48. The minimum absolute atomic E-state index is 0.0451. The summed E-state index contributed by atoms with van der Waals surface area (Å²) in [6.45, 7) is 0.537. The first kappa shape index (κ1) is 19.8. The maximum atomic E-state index is 12.3. The second-order valence-corrected chi connectivity index (χ2v) is 7.08. The van der Waals surface area contributed by atoms with Crippen LogP contribution in [0, 0.1) is 5.92 Å². The maximum Gasteiger partial charge on any atom is 0.244 e. The van der Waals surface area contributed by atoms with Gasteiger partial charge in [-0.3, -0.25) is 14.7 Å². The number of hydrogen-bond acceptors (Lipinski definition) is 4. The predicted molar refractivity (Wildman–Crippen MR) is 106 cm³/mol. The van der Waals surface area contributed by atoms with Crippen LogP contribution in [0.2, 0.25) is 0 Å². The topological polar surface area (TPSA) is 107 Å². The van der Waals surface area contributed by atoms with Crippen molar-refractivity contribution < 1.29 is 14.7 Å². The van der Waals surface area contributed by atoms with Gasteiger partial charge in [0.2, 0.25) is 11.8 Å². The molecule has 0 bridgehead atoms. The number of aromatic amines is 1. The molecule has 1 aromatic heterocycles. The van der Waals surface area contributed by atoms with E-state index in [-0.39, 0.29) is 23.8 Å². The summed E-state index contributed by atoms with van der Waals surface area (Å²) in [6.07, 6.45) is 8.29. The molecule has 1 heterocycles. The highest BCUT2D eigenvalue weighted by Gasteiger charge is 2.33. The van der Waals surface area contributed by atoms with Gasteiger partial charge in [0.1, 0.15) is 0 Å². The van der Waals surface area contributed by atoms with Crippen LogP contribution in [0.5, 0.6) is 0 Å². The zero-order valence-corrected chi connectivity index (χ0v) is 15.7. The minimum Gasteiger partial charge on any atom is -0.391 e. The third-order valence-corrected chi connectivity index (χ3v) is 5.01. The van der Waals surface area contributed by atoms with E-state index in [0.29, 0.717) is 32.2 Å². The van der Waals surface area contributed by atoms with Crippen molar-refractivity contribution in [3.63, 3.8) is 0 Å². The Labute approximate surface area is 164 Å². The summed E-state index contributed by atoms with van der Waals surface area (Å²) in [7, 11) is 0. The molecular weight excluding hydrogens is 356 g/mol. The van der Waals surface area contributed by atoms with E-state index >= 15 is 0 Å². The minimum atomic E-state index is -0.729. The Bertz CT molecular complexity index is 789. The number of rotatable bonds is 7. The molecule has 28 heavy (non-hydrogen) atoms. The quantitative estimate of drug-likeness (QED) is 0.543. The number of amides is 2. The van der Waals surface area contributed by atoms with Crippen LogP contribution in [-0.2, 0) is 16.0 Å². The number of nitrogens with one attached hydrogen (secondary N) is 3. The van der Waals surface area contributed by atoms with E-state index in [0.717, 1.165) is 11.1 Å². The van der Waals surface area contributed by atoms with Crippen molar-refractivity contribution in [2.45, 2.75) is 37.8 Å². The van der Waals surface area contributed by atoms with E-state index in [1.54, 1.807) is 18.5 Å². The highest BCUT2D eigenvalue weighted by molar-refractivity contribution is 5.92. The third kappa shape index (κ3) is 5.79. The summed E-state index contributed by atoms with van der Waals surface area (Å²) < 4.78 is 0. The van der Waals surface area contributed by atoms with Crippen molar-refractivity contribution in [1.82, 2.24) is 20.8 Å². The van der Waals surface area contributed by atoms with Crippen LogP contribution in [0.15, 0.2) is 48.8 Å². The lowest BCUT2D eigenvalue weighted by Gasteiger charge is -2.32. The molecule has 7 heteroatoms. The Hall–Kier alpha value is -2.93. The molecule has 3 rings (SSSR count). The van der Waals surface area contributed by atoms with Crippen molar-refractivity contribution >= 4 is 17.9 Å². The Morgan fingerprint density at radius 2 is 2.07 bits per heavy atom. The fraction of sp³-hybridized carbons (Fsp3) is 0.381. The number of carbonyl (C=O) groups is 2. The third-order valence-electron chi connectivity index (χ3n) is 5.01. The second kappa shape index (κ2) is 9.85. The van der Waals surface area contributed by atoms with Crippen LogP contribution in [-0.4, -0.2) is 45.8 Å². The fourth-order valence-electron chi connectivity index (χ4n) is 3.41. The second-order valence-electron chi connectivity index (χ2n) is 7.08. The van der Waals surface area contributed by atoms with Crippen molar-refractivity contribution in [1.29, 1.82) is 0 Å². The summed E-state index contributed by atoms with van der Waals surface area (Å²) >= 11 is 0. The van der Waals surface area contributed by atoms with Gasteiger partial charge in [-0.15, -0.1) is 0 Å². The normalized spacial score (nSPS) is 22.1. The lowest BCUT2D eigenvalue weighted by molar-refractivity contribution is -0.127. The number of aliphatic hydroxyl groups is 1. The highest BCUT2D eigenvalue weighted by atomic mass is 16.3. The van der Waals surface area contributed by atoms with Gasteiger partial charge in [-0.2, -0.15) is 5.10 Å². The number of H-pyrrole nitrogens is 1. The molecule has 2 aromatic rings. The van der Waals surface area contributed by atoms with Gasteiger partial charge in [0.15, 0.2) is 0 Å². The molecule has 0 radical (unpaired) electrons. The summed E-state index contributed by atoms with van der Waals surface area (Å²) in [5.74, 6) is -0.514. The van der Waals surface area contributed by atoms with Crippen molar-refractivity contribution in [2.24, 2.45) is 5.92 Å². The molecule has 1 saturated carbocycles. The predicted octanol–water partition coefficient (Wildman–Crippen LogP) is 1.43. The van der Waals surface area contributed by atoms with Gasteiger partial charge in [-0.1, -0.05) is 30.3 Å². The van der Waals surface area contributed by atoms with E-state index in [2.05, 4.69) is 20.8 Å². The summed E-state index contributed by atoms with van der Waals surface area (Å²) in [5, 5.41) is 22.7. The smallest absolute Gasteiger partial charge is 0.244 e. The lowest BCUT2D eigenvalue weighted by atomic mass is 9.83. The number of aromatic nitrogens is 2. The number of nitrogens with zero attached hydrogens (tertiary/aromatic N) is 1.